The first-order valence-corrected chi connectivity index (χ1v) is 7.20. The minimum Gasteiger partial charge on any atom is -0.355 e. The number of carbonyl (C=O) groups excluding carboxylic acids is 2. The molecule has 108 valence electrons. The Balaban J connectivity index is 2.19. The van der Waals surface area contributed by atoms with E-state index in [4.69, 9.17) is 0 Å². The fourth-order valence-corrected chi connectivity index (χ4v) is 2.20. The Bertz CT molecular complexity index is 698. The molecule has 0 aliphatic rings. The van der Waals surface area contributed by atoms with Crippen molar-refractivity contribution in [3.63, 3.8) is 0 Å². The van der Waals surface area contributed by atoms with Gasteiger partial charge in [-0.25, -0.2) is 0 Å². The molecule has 0 bridgehead atoms. The summed E-state index contributed by atoms with van der Waals surface area (Å²) in [6.45, 7) is 1.96. The predicted octanol–water partition coefficient (Wildman–Crippen LogP) is 3.37. The van der Waals surface area contributed by atoms with Crippen molar-refractivity contribution in [3.8, 4) is 0 Å². The number of aryl methyl sites for hydroxylation is 1. The van der Waals surface area contributed by atoms with Crippen molar-refractivity contribution < 1.29 is 9.59 Å². The average Bonchev–Trinajstić information content (AvgIpc) is 2.49. The van der Waals surface area contributed by atoms with Crippen molar-refractivity contribution in [1.82, 2.24) is 5.32 Å². The summed E-state index contributed by atoms with van der Waals surface area (Å²) in [5.41, 5.74) is 2.70. The van der Waals surface area contributed by atoms with Crippen LogP contribution in [0.2, 0.25) is 0 Å². The second-order valence-electron chi connectivity index (χ2n) is 4.58. The molecule has 0 aliphatic heterocycles. The van der Waals surface area contributed by atoms with E-state index in [0.29, 0.717) is 16.8 Å². The smallest absolute Gasteiger partial charge is 0.255 e. The first-order valence-electron chi connectivity index (χ1n) is 6.41. The Morgan fingerprint density at radius 1 is 1.00 bits per heavy atom. The number of hydrogen-bond donors (Lipinski definition) is 2. The molecule has 2 rings (SSSR count). The van der Waals surface area contributed by atoms with Crippen LogP contribution in [0.15, 0.2) is 46.9 Å². The van der Waals surface area contributed by atoms with Gasteiger partial charge < -0.3 is 10.6 Å². The number of rotatable bonds is 3. The van der Waals surface area contributed by atoms with Gasteiger partial charge in [-0.05, 0) is 42.8 Å². The molecule has 4 nitrogen and oxygen atoms in total. The number of nitrogens with one attached hydrogen (secondary N) is 2. The van der Waals surface area contributed by atoms with E-state index in [9.17, 15) is 9.59 Å². The van der Waals surface area contributed by atoms with Crippen LogP contribution >= 0.6 is 15.9 Å². The number of halogens is 1. The molecule has 0 aliphatic carbocycles. The van der Waals surface area contributed by atoms with Crippen LogP contribution in [-0.2, 0) is 0 Å². The zero-order chi connectivity index (χ0) is 15.4. The van der Waals surface area contributed by atoms with Gasteiger partial charge in [-0.15, -0.1) is 0 Å². The zero-order valence-electron chi connectivity index (χ0n) is 11.7. The van der Waals surface area contributed by atoms with E-state index in [0.717, 1.165) is 10.0 Å². The van der Waals surface area contributed by atoms with Gasteiger partial charge in [0.25, 0.3) is 11.8 Å². The summed E-state index contributed by atoms with van der Waals surface area (Å²) in [6.07, 6.45) is 0. The summed E-state index contributed by atoms with van der Waals surface area (Å²) in [6, 6.07) is 12.2. The SMILES string of the molecule is CNC(=O)c1cccc(NC(=O)c2ccc(C)c(Br)c2)c1. The van der Waals surface area contributed by atoms with Crippen LogP contribution in [0.3, 0.4) is 0 Å². The lowest BCUT2D eigenvalue weighted by molar-refractivity contribution is 0.0961. The van der Waals surface area contributed by atoms with Crippen LogP contribution in [0.1, 0.15) is 26.3 Å². The van der Waals surface area contributed by atoms with E-state index < -0.39 is 0 Å². The molecule has 0 atom stereocenters. The minimum absolute atomic E-state index is 0.191. The number of amides is 2. The summed E-state index contributed by atoms with van der Waals surface area (Å²) in [5.74, 6) is -0.408. The topological polar surface area (TPSA) is 58.2 Å². The highest BCUT2D eigenvalue weighted by molar-refractivity contribution is 9.10. The maximum Gasteiger partial charge on any atom is 0.255 e. The summed E-state index contributed by atoms with van der Waals surface area (Å²) in [4.78, 5) is 23.8. The third-order valence-electron chi connectivity index (χ3n) is 3.04. The van der Waals surface area contributed by atoms with Crippen LogP contribution in [0.25, 0.3) is 0 Å². The van der Waals surface area contributed by atoms with Gasteiger partial charge in [0.2, 0.25) is 0 Å². The molecule has 0 saturated carbocycles. The highest BCUT2D eigenvalue weighted by Crippen LogP contribution is 2.19. The van der Waals surface area contributed by atoms with Crippen LogP contribution in [0.5, 0.6) is 0 Å². The number of hydrogen-bond acceptors (Lipinski definition) is 2. The summed E-state index contributed by atoms with van der Waals surface area (Å²) in [7, 11) is 1.57. The van der Waals surface area contributed by atoms with E-state index in [2.05, 4.69) is 26.6 Å². The molecule has 0 fully saturated rings. The van der Waals surface area contributed by atoms with E-state index >= 15 is 0 Å². The molecular weight excluding hydrogens is 332 g/mol. The molecular formula is C16H15BrN2O2. The maximum absolute atomic E-state index is 12.2. The zero-order valence-corrected chi connectivity index (χ0v) is 13.3. The van der Waals surface area contributed by atoms with Gasteiger partial charge >= 0.3 is 0 Å². The van der Waals surface area contributed by atoms with Crippen LogP contribution in [-0.4, -0.2) is 18.9 Å². The summed E-state index contributed by atoms with van der Waals surface area (Å²) in [5, 5.41) is 5.33. The van der Waals surface area contributed by atoms with Gasteiger partial charge in [-0.1, -0.05) is 28.1 Å². The Morgan fingerprint density at radius 3 is 2.38 bits per heavy atom. The second kappa shape index (κ2) is 6.54. The largest absolute Gasteiger partial charge is 0.355 e. The van der Waals surface area contributed by atoms with Crippen molar-refractivity contribution >= 4 is 33.4 Å². The van der Waals surface area contributed by atoms with Gasteiger partial charge in [0.1, 0.15) is 0 Å². The first kappa shape index (κ1) is 15.3. The maximum atomic E-state index is 12.2. The number of anilines is 1. The number of carbonyl (C=O) groups is 2. The average molecular weight is 347 g/mol. The van der Waals surface area contributed by atoms with E-state index in [1.165, 1.54) is 0 Å². The first-order chi connectivity index (χ1) is 10.0. The minimum atomic E-state index is -0.218. The molecule has 0 unspecified atom stereocenters. The standard InChI is InChI=1S/C16H15BrN2O2/c1-10-6-7-12(9-14(10)17)16(21)19-13-5-3-4-11(8-13)15(20)18-2/h3-9H,1-2H3,(H,18,20)(H,19,21). The lowest BCUT2D eigenvalue weighted by Crippen LogP contribution is -2.18. The lowest BCUT2D eigenvalue weighted by atomic mass is 10.1. The fraction of sp³-hybridized carbons (Fsp3) is 0.125. The molecule has 5 heteroatoms. The molecule has 0 saturated heterocycles. The second-order valence-corrected chi connectivity index (χ2v) is 5.43. The van der Waals surface area contributed by atoms with Crippen molar-refractivity contribution in [2.75, 3.05) is 12.4 Å². The van der Waals surface area contributed by atoms with Crippen molar-refractivity contribution in [2.45, 2.75) is 6.92 Å². The third kappa shape index (κ3) is 3.70. The van der Waals surface area contributed by atoms with Gasteiger partial charge in [-0.2, -0.15) is 0 Å². The van der Waals surface area contributed by atoms with Crippen molar-refractivity contribution in [2.24, 2.45) is 0 Å². The molecule has 0 spiro atoms. The molecule has 0 heterocycles. The van der Waals surface area contributed by atoms with E-state index in [1.54, 1.807) is 43.4 Å². The highest BCUT2D eigenvalue weighted by Gasteiger charge is 2.09. The Labute approximate surface area is 131 Å². The van der Waals surface area contributed by atoms with Gasteiger partial charge in [-0.3, -0.25) is 9.59 Å². The molecule has 2 aromatic carbocycles. The summed E-state index contributed by atoms with van der Waals surface area (Å²) >= 11 is 3.41. The van der Waals surface area contributed by atoms with E-state index in [1.807, 2.05) is 13.0 Å². The van der Waals surface area contributed by atoms with Crippen molar-refractivity contribution in [3.05, 3.63) is 63.6 Å². The highest BCUT2D eigenvalue weighted by atomic mass is 79.9. The van der Waals surface area contributed by atoms with Crippen LogP contribution in [0.4, 0.5) is 5.69 Å². The summed E-state index contributed by atoms with van der Waals surface area (Å²) < 4.78 is 0.884. The van der Waals surface area contributed by atoms with Crippen LogP contribution in [0, 0.1) is 6.92 Å². The van der Waals surface area contributed by atoms with Gasteiger partial charge in [0, 0.05) is 28.3 Å². The third-order valence-corrected chi connectivity index (χ3v) is 3.90. The molecule has 2 amide bonds. The lowest BCUT2D eigenvalue weighted by Gasteiger charge is -2.08. The van der Waals surface area contributed by atoms with Crippen LogP contribution < -0.4 is 10.6 Å². The quantitative estimate of drug-likeness (QED) is 0.894. The molecule has 2 aromatic rings. The Hall–Kier alpha value is -2.14. The van der Waals surface area contributed by atoms with Gasteiger partial charge in [0.05, 0.1) is 0 Å². The van der Waals surface area contributed by atoms with Gasteiger partial charge in [0.15, 0.2) is 0 Å². The Morgan fingerprint density at radius 2 is 1.71 bits per heavy atom. The number of benzene rings is 2. The monoisotopic (exact) mass is 346 g/mol. The Kier molecular flexibility index (Phi) is 4.75. The molecule has 0 radical (unpaired) electrons. The fourth-order valence-electron chi connectivity index (χ4n) is 1.82. The van der Waals surface area contributed by atoms with E-state index in [-0.39, 0.29) is 11.8 Å². The molecule has 0 aromatic heterocycles. The van der Waals surface area contributed by atoms with Crippen molar-refractivity contribution in [1.29, 1.82) is 0 Å². The predicted molar refractivity (Wildman–Crippen MR) is 86.7 cm³/mol. The molecule has 2 N–H and O–H groups in total. The normalized spacial score (nSPS) is 10.0. The molecule has 21 heavy (non-hydrogen) atoms.